The largest absolute Gasteiger partial charge is 0.468 e. The van der Waals surface area contributed by atoms with Crippen LogP contribution in [0.3, 0.4) is 0 Å². The fraction of sp³-hybridized carbons (Fsp3) is 0.471. The second kappa shape index (κ2) is 7.55. The smallest absolute Gasteiger partial charge is 0.409 e. The van der Waals surface area contributed by atoms with E-state index >= 15 is 0 Å². The molecule has 0 radical (unpaired) electrons. The molecule has 0 aliphatic carbocycles. The molecular formula is C17H20F3N3O4. The molecule has 1 heterocycles. The van der Waals surface area contributed by atoms with Crippen molar-refractivity contribution in [3.63, 3.8) is 0 Å². The van der Waals surface area contributed by atoms with Crippen LogP contribution in [0.25, 0.3) is 0 Å². The molecule has 1 aliphatic heterocycles. The van der Waals surface area contributed by atoms with E-state index in [9.17, 15) is 27.6 Å². The van der Waals surface area contributed by atoms with Crippen molar-refractivity contribution in [2.45, 2.75) is 38.0 Å². The molecule has 0 bridgehead atoms. The summed E-state index contributed by atoms with van der Waals surface area (Å²) in [7, 11) is 1.16. The molecule has 27 heavy (non-hydrogen) atoms. The molecule has 7 nitrogen and oxygen atoms in total. The van der Waals surface area contributed by atoms with Gasteiger partial charge in [-0.3, -0.25) is 24.6 Å². The highest BCUT2D eigenvalue weighted by Crippen LogP contribution is 2.37. The quantitative estimate of drug-likeness (QED) is 0.770. The first kappa shape index (κ1) is 20.7. The number of fused-ring (bicyclic) bond motifs is 1. The highest BCUT2D eigenvalue weighted by molar-refractivity contribution is 6.05. The van der Waals surface area contributed by atoms with E-state index in [2.05, 4.69) is 15.4 Å². The average molecular weight is 387 g/mol. The summed E-state index contributed by atoms with van der Waals surface area (Å²) in [6.45, 7) is 2.32. The minimum atomic E-state index is -4.82. The summed E-state index contributed by atoms with van der Waals surface area (Å²) < 4.78 is 45.4. The maximum Gasteiger partial charge on any atom is 0.409 e. The van der Waals surface area contributed by atoms with E-state index in [1.54, 1.807) is 0 Å². The maximum atomic E-state index is 13.6. The molecule has 2 amide bonds. The van der Waals surface area contributed by atoms with Gasteiger partial charge in [0.15, 0.2) is 0 Å². The second-order valence-corrected chi connectivity index (χ2v) is 6.56. The van der Waals surface area contributed by atoms with E-state index in [0.29, 0.717) is 4.90 Å². The zero-order chi connectivity index (χ0) is 20.4. The SMILES string of the molecule is COC(=O)C(C)(C)NCC(=O)N1c2ccccc2NC(=O)C[C@@H]1C(F)(F)F. The van der Waals surface area contributed by atoms with Crippen molar-refractivity contribution in [1.82, 2.24) is 5.32 Å². The normalized spacial score (nSPS) is 17.6. The number of methoxy groups -OCH3 is 1. The highest BCUT2D eigenvalue weighted by Gasteiger charge is 2.49. The van der Waals surface area contributed by atoms with E-state index < -0.39 is 48.5 Å². The topological polar surface area (TPSA) is 87.7 Å². The Kier molecular flexibility index (Phi) is 5.79. The predicted octanol–water partition coefficient (Wildman–Crippen LogP) is 1.83. The number of alkyl halides is 3. The Morgan fingerprint density at radius 1 is 1.30 bits per heavy atom. The number of benzene rings is 1. The van der Waals surface area contributed by atoms with Crippen LogP contribution in [0.4, 0.5) is 24.5 Å². The van der Waals surface area contributed by atoms with E-state index in [0.717, 1.165) is 7.11 Å². The first-order valence-electron chi connectivity index (χ1n) is 8.08. The van der Waals surface area contributed by atoms with E-state index in [4.69, 9.17) is 0 Å². The molecule has 10 heteroatoms. The molecule has 0 spiro atoms. The van der Waals surface area contributed by atoms with Gasteiger partial charge in [-0.1, -0.05) is 12.1 Å². The predicted molar refractivity (Wildman–Crippen MR) is 91.1 cm³/mol. The minimum absolute atomic E-state index is 0.0617. The van der Waals surface area contributed by atoms with Gasteiger partial charge in [0, 0.05) is 0 Å². The summed E-state index contributed by atoms with van der Waals surface area (Å²) in [5.41, 5.74) is -1.24. The van der Waals surface area contributed by atoms with Crippen molar-refractivity contribution >= 4 is 29.2 Å². The number of carbonyl (C=O) groups excluding carboxylic acids is 3. The lowest BCUT2D eigenvalue weighted by Gasteiger charge is -2.33. The molecule has 1 aromatic rings. The maximum absolute atomic E-state index is 13.6. The third-order valence-electron chi connectivity index (χ3n) is 4.15. The number of hydrogen-bond donors (Lipinski definition) is 2. The number of anilines is 2. The number of esters is 1. The lowest BCUT2D eigenvalue weighted by molar-refractivity contribution is -0.157. The molecule has 0 aromatic heterocycles. The molecule has 1 aromatic carbocycles. The zero-order valence-corrected chi connectivity index (χ0v) is 15.0. The lowest BCUT2D eigenvalue weighted by atomic mass is 10.1. The molecule has 2 N–H and O–H groups in total. The van der Waals surface area contributed by atoms with Crippen molar-refractivity contribution in [3.05, 3.63) is 24.3 Å². The fourth-order valence-electron chi connectivity index (χ4n) is 2.70. The minimum Gasteiger partial charge on any atom is -0.468 e. The van der Waals surface area contributed by atoms with E-state index in [1.807, 2.05) is 0 Å². The van der Waals surface area contributed by atoms with Gasteiger partial charge in [0.2, 0.25) is 11.8 Å². The van der Waals surface area contributed by atoms with Crippen molar-refractivity contribution < 1.29 is 32.3 Å². The van der Waals surface area contributed by atoms with Gasteiger partial charge in [-0.15, -0.1) is 0 Å². The summed E-state index contributed by atoms with van der Waals surface area (Å²) in [6, 6.07) is 3.42. The number of ether oxygens (including phenoxy) is 1. The van der Waals surface area contributed by atoms with Crippen LogP contribution in [0.2, 0.25) is 0 Å². The number of nitrogens with one attached hydrogen (secondary N) is 2. The van der Waals surface area contributed by atoms with Crippen LogP contribution in [0.5, 0.6) is 0 Å². The fourth-order valence-corrected chi connectivity index (χ4v) is 2.70. The molecule has 1 aliphatic rings. The Labute approximate surface area is 153 Å². The van der Waals surface area contributed by atoms with Crippen LogP contribution >= 0.6 is 0 Å². The molecule has 2 rings (SSSR count). The molecule has 0 saturated heterocycles. The summed E-state index contributed by atoms with van der Waals surface area (Å²) in [4.78, 5) is 36.8. The highest BCUT2D eigenvalue weighted by atomic mass is 19.4. The number of halogens is 3. The third kappa shape index (κ3) is 4.57. The molecule has 148 valence electrons. The van der Waals surface area contributed by atoms with Crippen molar-refractivity contribution in [1.29, 1.82) is 0 Å². The Balaban J connectivity index is 2.38. The Morgan fingerprint density at radius 3 is 2.52 bits per heavy atom. The zero-order valence-electron chi connectivity index (χ0n) is 15.0. The van der Waals surface area contributed by atoms with Crippen molar-refractivity contribution in [3.8, 4) is 0 Å². The van der Waals surface area contributed by atoms with Crippen LogP contribution in [0, 0.1) is 0 Å². The molecule has 0 fully saturated rings. The Bertz CT molecular complexity index is 749. The third-order valence-corrected chi connectivity index (χ3v) is 4.15. The van der Waals surface area contributed by atoms with Crippen LogP contribution in [-0.4, -0.2) is 49.2 Å². The van der Waals surface area contributed by atoms with Gasteiger partial charge < -0.3 is 10.1 Å². The lowest BCUT2D eigenvalue weighted by Crippen LogP contribution is -2.55. The van der Waals surface area contributed by atoms with Gasteiger partial charge in [-0.2, -0.15) is 13.2 Å². The van der Waals surface area contributed by atoms with Crippen LogP contribution in [0.1, 0.15) is 20.3 Å². The van der Waals surface area contributed by atoms with Gasteiger partial charge in [0.1, 0.15) is 11.6 Å². The number of rotatable bonds is 4. The van der Waals surface area contributed by atoms with Crippen molar-refractivity contribution in [2.75, 3.05) is 23.9 Å². The Hall–Kier alpha value is -2.62. The standard InChI is InChI=1S/C17H20F3N3O4/c1-16(2,15(26)27-3)21-9-14(25)23-11-7-5-4-6-10(11)22-13(24)8-12(23)17(18,19)20/h4-7,12,21H,8-9H2,1-3H3,(H,22,24)/t12-/m1/s1. The average Bonchev–Trinajstić information content (AvgIpc) is 2.74. The van der Waals surface area contributed by atoms with Crippen LogP contribution < -0.4 is 15.5 Å². The molecule has 0 saturated carbocycles. The first-order valence-corrected chi connectivity index (χ1v) is 8.08. The second-order valence-electron chi connectivity index (χ2n) is 6.56. The summed E-state index contributed by atoms with van der Waals surface area (Å²) >= 11 is 0. The summed E-state index contributed by atoms with van der Waals surface area (Å²) in [5.74, 6) is -2.45. The van der Waals surface area contributed by atoms with Gasteiger partial charge in [0.05, 0.1) is 31.5 Å². The van der Waals surface area contributed by atoms with E-state index in [1.165, 1.54) is 38.1 Å². The number of hydrogen-bond acceptors (Lipinski definition) is 5. The molecular weight excluding hydrogens is 367 g/mol. The number of amides is 2. The van der Waals surface area contributed by atoms with Crippen LogP contribution in [0.15, 0.2) is 24.3 Å². The van der Waals surface area contributed by atoms with Crippen LogP contribution in [-0.2, 0) is 19.1 Å². The molecule has 1 atom stereocenters. The van der Waals surface area contributed by atoms with Crippen molar-refractivity contribution in [2.24, 2.45) is 0 Å². The Morgan fingerprint density at radius 2 is 1.93 bits per heavy atom. The molecule has 0 unspecified atom stereocenters. The number of nitrogens with zero attached hydrogens (tertiary/aromatic N) is 1. The van der Waals surface area contributed by atoms with E-state index in [-0.39, 0.29) is 11.4 Å². The first-order chi connectivity index (χ1) is 12.5. The van der Waals surface area contributed by atoms with Gasteiger partial charge in [-0.25, -0.2) is 0 Å². The number of carbonyl (C=O) groups is 3. The number of para-hydroxylation sites is 2. The summed E-state index contributed by atoms with van der Waals surface area (Å²) in [5, 5.41) is 4.98. The van der Waals surface area contributed by atoms with Gasteiger partial charge in [0.25, 0.3) is 0 Å². The van der Waals surface area contributed by atoms with Gasteiger partial charge >= 0.3 is 12.1 Å². The monoisotopic (exact) mass is 387 g/mol. The van der Waals surface area contributed by atoms with Gasteiger partial charge in [-0.05, 0) is 26.0 Å². The summed E-state index contributed by atoms with van der Waals surface area (Å²) in [6.07, 6.45) is -5.74.